The lowest BCUT2D eigenvalue weighted by atomic mass is 9.97. The Hall–Kier alpha value is -3.14. The van der Waals surface area contributed by atoms with E-state index in [2.05, 4.69) is 144 Å². The highest BCUT2D eigenvalue weighted by Gasteiger charge is 2.12. The van der Waals surface area contributed by atoms with E-state index in [4.69, 9.17) is 0 Å². The molecule has 0 aromatic heterocycles. The summed E-state index contributed by atoms with van der Waals surface area (Å²) in [6.07, 6.45) is 8.56. The zero-order valence-corrected chi connectivity index (χ0v) is 29.4. The summed E-state index contributed by atoms with van der Waals surface area (Å²) in [5.41, 5.74) is 5.88. The molecule has 44 heavy (non-hydrogen) atoms. The number of nitrogens with one attached hydrogen (secondary N) is 4. The molecular formula is C40H64N4. The number of anilines is 5. The molecule has 0 heterocycles. The van der Waals surface area contributed by atoms with Crippen molar-refractivity contribution in [3.63, 3.8) is 0 Å². The van der Waals surface area contributed by atoms with Gasteiger partial charge >= 0.3 is 0 Å². The van der Waals surface area contributed by atoms with E-state index < -0.39 is 0 Å². The van der Waals surface area contributed by atoms with Crippen molar-refractivity contribution in [3.8, 4) is 0 Å². The molecule has 5 unspecified atom stereocenters. The lowest BCUT2D eigenvalue weighted by Gasteiger charge is -2.23. The van der Waals surface area contributed by atoms with Crippen LogP contribution in [0.4, 0.5) is 28.4 Å². The van der Waals surface area contributed by atoms with Crippen LogP contribution in [0.25, 0.3) is 0 Å². The van der Waals surface area contributed by atoms with E-state index in [-0.39, 0.29) is 0 Å². The molecule has 4 heteroatoms. The Morgan fingerprint density at radius 3 is 1.20 bits per heavy atom. The summed E-state index contributed by atoms with van der Waals surface area (Å²) in [5.74, 6) is 2.29. The molecule has 244 valence electrons. The fourth-order valence-electron chi connectivity index (χ4n) is 5.48. The summed E-state index contributed by atoms with van der Waals surface area (Å²) >= 11 is 0. The van der Waals surface area contributed by atoms with Crippen LogP contribution in [0.15, 0.2) is 78.9 Å². The summed E-state index contributed by atoms with van der Waals surface area (Å²) in [4.78, 5) is 0. The second-order valence-electron chi connectivity index (χ2n) is 13.3. The van der Waals surface area contributed by atoms with Crippen LogP contribution < -0.4 is 21.3 Å². The second kappa shape index (κ2) is 20.7. The molecule has 4 nitrogen and oxygen atoms in total. The molecule has 0 fully saturated rings. The van der Waals surface area contributed by atoms with E-state index in [0.717, 1.165) is 29.1 Å². The predicted molar refractivity (Wildman–Crippen MR) is 199 cm³/mol. The molecule has 0 saturated carbocycles. The summed E-state index contributed by atoms with van der Waals surface area (Å²) < 4.78 is 0. The van der Waals surface area contributed by atoms with Gasteiger partial charge in [-0.3, -0.25) is 0 Å². The first-order chi connectivity index (χ1) is 21.1. The quantitative estimate of drug-likeness (QED) is 0.117. The Morgan fingerprint density at radius 2 is 0.818 bits per heavy atom. The highest BCUT2D eigenvalue weighted by atomic mass is 14.9. The van der Waals surface area contributed by atoms with Gasteiger partial charge in [0.1, 0.15) is 0 Å². The molecule has 3 rings (SSSR count). The SMILES string of the molecule is CC(C)CC(C)Nc1ccc(Nc2ccccc2)cc1.CCC(C)CC(CC)Nc1ccc(NC(CC)CC(C)CC)cc1. The maximum atomic E-state index is 3.70. The van der Waals surface area contributed by atoms with Crippen LogP contribution in [0.2, 0.25) is 0 Å². The highest BCUT2D eigenvalue weighted by molar-refractivity contribution is 5.62. The number of hydrogen-bond donors (Lipinski definition) is 4. The van der Waals surface area contributed by atoms with E-state index in [1.54, 1.807) is 0 Å². The minimum atomic E-state index is 0.503. The Kier molecular flexibility index (Phi) is 17.5. The first-order valence-corrected chi connectivity index (χ1v) is 17.5. The molecule has 0 aliphatic carbocycles. The van der Waals surface area contributed by atoms with Gasteiger partial charge in [-0.2, -0.15) is 0 Å². The van der Waals surface area contributed by atoms with Crippen molar-refractivity contribution < 1.29 is 0 Å². The molecule has 0 aliphatic heterocycles. The second-order valence-corrected chi connectivity index (χ2v) is 13.3. The summed E-state index contributed by atoms with van der Waals surface area (Å²) in [6.45, 7) is 20.5. The minimum absolute atomic E-state index is 0.503. The van der Waals surface area contributed by atoms with Gasteiger partial charge in [-0.05, 0) is 117 Å². The van der Waals surface area contributed by atoms with E-state index in [0.29, 0.717) is 18.1 Å². The standard InChI is InChI=1S/C22H40N2.C18H24N2/c1-7-17(5)15-19(9-3)23-21-11-13-22(14-12-21)24-20(10-4)16-18(6)8-2;1-14(2)13-15(3)19-17-9-11-18(12-10-17)20-16-7-5-4-6-8-16/h11-14,17-20,23-24H,7-10,15-16H2,1-6H3;4-12,14-15,19-20H,13H2,1-3H3. The zero-order valence-electron chi connectivity index (χ0n) is 29.4. The number of para-hydroxylation sites is 1. The average molecular weight is 601 g/mol. The molecule has 4 N–H and O–H groups in total. The van der Waals surface area contributed by atoms with E-state index in [1.807, 2.05) is 18.2 Å². The predicted octanol–water partition coefficient (Wildman–Crippen LogP) is 12.2. The largest absolute Gasteiger partial charge is 0.383 e. The topological polar surface area (TPSA) is 48.1 Å². The van der Waals surface area contributed by atoms with Crippen LogP contribution in [0.5, 0.6) is 0 Å². The number of benzene rings is 3. The Morgan fingerprint density at radius 1 is 0.432 bits per heavy atom. The van der Waals surface area contributed by atoms with Gasteiger partial charge in [0.15, 0.2) is 0 Å². The lowest BCUT2D eigenvalue weighted by Crippen LogP contribution is -2.22. The van der Waals surface area contributed by atoms with Crippen molar-refractivity contribution in [3.05, 3.63) is 78.9 Å². The molecule has 3 aromatic carbocycles. The first kappa shape index (κ1) is 37.0. The fraction of sp³-hybridized carbons (Fsp3) is 0.550. The van der Waals surface area contributed by atoms with Gasteiger partial charge in [0.2, 0.25) is 0 Å². The summed E-state index contributed by atoms with van der Waals surface area (Å²) in [7, 11) is 0. The van der Waals surface area contributed by atoms with Gasteiger partial charge in [0, 0.05) is 46.6 Å². The Labute approximate surface area is 271 Å². The highest BCUT2D eigenvalue weighted by Crippen LogP contribution is 2.22. The van der Waals surface area contributed by atoms with Crippen LogP contribution in [-0.4, -0.2) is 18.1 Å². The lowest BCUT2D eigenvalue weighted by molar-refractivity contribution is 0.461. The van der Waals surface area contributed by atoms with Gasteiger partial charge in [-0.1, -0.05) is 86.4 Å². The van der Waals surface area contributed by atoms with E-state index in [1.165, 1.54) is 62.0 Å². The zero-order chi connectivity index (χ0) is 32.3. The molecular weight excluding hydrogens is 536 g/mol. The average Bonchev–Trinajstić information content (AvgIpc) is 3.02. The molecule has 5 atom stereocenters. The minimum Gasteiger partial charge on any atom is -0.383 e. The Bertz CT molecular complexity index is 1070. The van der Waals surface area contributed by atoms with Crippen LogP contribution in [0.3, 0.4) is 0 Å². The van der Waals surface area contributed by atoms with Crippen molar-refractivity contribution in [2.45, 2.75) is 125 Å². The smallest absolute Gasteiger partial charge is 0.0385 e. The van der Waals surface area contributed by atoms with Gasteiger partial charge in [0.25, 0.3) is 0 Å². The third kappa shape index (κ3) is 15.0. The van der Waals surface area contributed by atoms with Crippen molar-refractivity contribution >= 4 is 28.4 Å². The third-order valence-corrected chi connectivity index (χ3v) is 8.57. The monoisotopic (exact) mass is 601 g/mol. The maximum Gasteiger partial charge on any atom is 0.0385 e. The summed E-state index contributed by atoms with van der Waals surface area (Å²) in [6, 6.07) is 29.2. The molecule has 0 amide bonds. The van der Waals surface area contributed by atoms with Crippen molar-refractivity contribution in [2.75, 3.05) is 21.3 Å². The van der Waals surface area contributed by atoms with Crippen LogP contribution in [-0.2, 0) is 0 Å². The van der Waals surface area contributed by atoms with Crippen LogP contribution in [0.1, 0.15) is 107 Å². The summed E-state index contributed by atoms with van der Waals surface area (Å²) in [5, 5.41) is 14.3. The van der Waals surface area contributed by atoms with Crippen molar-refractivity contribution in [1.29, 1.82) is 0 Å². The van der Waals surface area contributed by atoms with Gasteiger partial charge in [-0.25, -0.2) is 0 Å². The van der Waals surface area contributed by atoms with Crippen molar-refractivity contribution in [2.24, 2.45) is 17.8 Å². The van der Waals surface area contributed by atoms with Crippen LogP contribution in [0, 0.1) is 17.8 Å². The Balaban J connectivity index is 0.000000311. The van der Waals surface area contributed by atoms with Gasteiger partial charge in [-0.15, -0.1) is 0 Å². The van der Waals surface area contributed by atoms with Gasteiger partial charge in [0.05, 0.1) is 0 Å². The first-order valence-electron chi connectivity index (χ1n) is 17.5. The molecule has 0 bridgehead atoms. The molecule has 3 aromatic rings. The normalized spacial score (nSPS) is 14.4. The molecule has 0 aliphatic rings. The molecule has 0 saturated heterocycles. The molecule has 0 radical (unpaired) electrons. The van der Waals surface area contributed by atoms with Crippen LogP contribution >= 0.6 is 0 Å². The maximum absolute atomic E-state index is 3.70. The molecule has 0 spiro atoms. The number of rotatable bonds is 18. The van der Waals surface area contributed by atoms with E-state index >= 15 is 0 Å². The van der Waals surface area contributed by atoms with Crippen molar-refractivity contribution in [1.82, 2.24) is 0 Å². The van der Waals surface area contributed by atoms with E-state index in [9.17, 15) is 0 Å². The third-order valence-electron chi connectivity index (χ3n) is 8.57. The number of hydrogen-bond acceptors (Lipinski definition) is 4. The fourth-order valence-corrected chi connectivity index (χ4v) is 5.48. The van der Waals surface area contributed by atoms with Gasteiger partial charge < -0.3 is 21.3 Å².